The normalized spacial score (nSPS) is 14.2. The third-order valence-electron chi connectivity index (χ3n) is 7.02. The van der Waals surface area contributed by atoms with Crippen LogP contribution in [0.15, 0.2) is 76.3 Å². The molecule has 6 rings (SSSR count). The smallest absolute Gasteiger partial charge is 0.331 e. The average molecular weight is 499 g/mol. The minimum absolute atomic E-state index is 0.0796. The number of aromatic nitrogens is 3. The van der Waals surface area contributed by atoms with Crippen molar-refractivity contribution in [2.24, 2.45) is 14.1 Å². The van der Waals surface area contributed by atoms with Gasteiger partial charge in [-0.3, -0.25) is 13.9 Å². The molecule has 0 amide bonds. The molecule has 2 aromatic heterocycles. The van der Waals surface area contributed by atoms with E-state index in [9.17, 15) is 14.7 Å². The van der Waals surface area contributed by atoms with Crippen LogP contribution in [-0.4, -0.2) is 25.9 Å². The van der Waals surface area contributed by atoms with Crippen molar-refractivity contribution in [2.45, 2.75) is 6.04 Å². The molecule has 0 fully saturated rings. The van der Waals surface area contributed by atoms with Gasteiger partial charge in [0.1, 0.15) is 5.82 Å². The van der Waals surface area contributed by atoms with E-state index in [4.69, 9.17) is 4.74 Å². The van der Waals surface area contributed by atoms with Crippen molar-refractivity contribution in [3.05, 3.63) is 105 Å². The molecule has 37 heavy (non-hydrogen) atoms. The number of phenolic OH excluding ortho intramolecular Hbond substituents is 1. The molecule has 0 saturated carbocycles. The molecule has 0 spiro atoms. The quantitative estimate of drug-likeness (QED) is 0.392. The van der Waals surface area contributed by atoms with Gasteiger partial charge in [-0.1, -0.05) is 36.4 Å². The Morgan fingerprint density at radius 3 is 2.43 bits per heavy atom. The molecular formula is C28H23FN4O4. The van der Waals surface area contributed by atoms with E-state index >= 15 is 4.39 Å². The second-order valence-electron chi connectivity index (χ2n) is 8.97. The molecule has 0 saturated heterocycles. The Kier molecular flexibility index (Phi) is 4.98. The fraction of sp³-hybridized carbons (Fsp3) is 0.143. The first-order chi connectivity index (χ1) is 17.8. The van der Waals surface area contributed by atoms with Gasteiger partial charge in [-0.25, -0.2) is 9.18 Å². The Morgan fingerprint density at radius 2 is 1.68 bits per heavy atom. The first-order valence-corrected chi connectivity index (χ1v) is 11.7. The number of phenols is 1. The lowest BCUT2D eigenvalue weighted by Gasteiger charge is -2.31. The number of para-hydroxylation sites is 3. The summed E-state index contributed by atoms with van der Waals surface area (Å²) < 4.78 is 24.9. The number of hydrogen-bond donors (Lipinski definition) is 2. The highest BCUT2D eigenvalue weighted by Gasteiger charge is 2.36. The lowest BCUT2D eigenvalue weighted by Crippen LogP contribution is -2.37. The number of rotatable bonds is 3. The minimum atomic E-state index is -0.703. The lowest BCUT2D eigenvalue weighted by molar-refractivity contribution is 0.370. The summed E-state index contributed by atoms with van der Waals surface area (Å²) in [5.41, 5.74) is 2.24. The van der Waals surface area contributed by atoms with Crippen molar-refractivity contribution in [3.63, 3.8) is 0 Å². The van der Waals surface area contributed by atoms with Crippen LogP contribution in [0.1, 0.15) is 17.3 Å². The van der Waals surface area contributed by atoms with Crippen LogP contribution in [0.25, 0.3) is 27.8 Å². The van der Waals surface area contributed by atoms with E-state index in [-0.39, 0.29) is 22.4 Å². The van der Waals surface area contributed by atoms with Crippen LogP contribution in [0.5, 0.6) is 11.5 Å². The van der Waals surface area contributed by atoms with Gasteiger partial charge in [0.2, 0.25) is 0 Å². The molecule has 1 unspecified atom stereocenters. The number of aromatic hydroxyl groups is 1. The van der Waals surface area contributed by atoms with Crippen LogP contribution >= 0.6 is 0 Å². The van der Waals surface area contributed by atoms with Crippen molar-refractivity contribution in [2.75, 3.05) is 12.4 Å². The van der Waals surface area contributed by atoms with Crippen molar-refractivity contribution < 1.29 is 14.2 Å². The SMILES string of the molecule is COc1cccc(C2Nc3ccccc3-n3c(-c4ccccc4F)c4c(=O)n(C)c(=O)n(C)c4c32)c1O. The molecular weight excluding hydrogens is 475 g/mol. The highest BCUT2D eigenvalue weighted by molar-refractivity contribution is 5.99. The molecule has 8 nitrogen and oxygen atoms in total. The molecule has 9 heteroatoms. The molecule has 0 aliphatic carbocycles. The van der Waals surface area contributed by atoms with Gasteiger partial charge in [0.05, 0.1) is 46.8 Å². The Morgan fingerprint density at radius 1 is 0.946 bits per heavy atom. The standard InChI is InChI=1S/C28H23FN4O4/c1-31-24-21(27(35)32(2)28(31)36)23(15-9-4-5-11-17(15)29)33-19-13-7-6-12-18(19)30-22(25(24)33)16-10-8-14-20(37-3)26(16)34/h4-14,22,30,34H,1-3H3. The Bertz CT molecular complexity index is 1850. The number of nitrogens with one attached hydrogen (secondary N) is 1. The van der Waals surface area contributed by atoms with Crippen LogP contribution in [0.3, 0.4) is 0 Å². The second kappa shape index (κ2) is 8.12. The number of anilines is 1. The van der Waals surface area contributed by atoms with Gasteiger partial charge < -0.3 is 19.7 Å². The summed E-state index contributed by atoms with van der Waals surface area (Å²) in [6.45, 7) is 0. The first-order valence-electron chi connectivity index (χ1n) is 11.7. The third-order valence-corrected chi connectivity index (χ3v) is 7.02. The Balaban J connectivity index is 1.88. The van der Waals surface area contributed by atoms with Crippen molar-refractivity contribution >= 4 is 16.6 Å². The van der Waals surface area contributed by atoms with Gasteiger partial charge in [0.25, 0.3) is 5.56 Å². The summed E-state index contributed by atoms with van der Waals surface area (Å²) in [5, 5.41) is 14.8. The van der Waals surface area contributed by atoms with E-state index < -0.39 is 23.1 Å². The lowest BCUT2D eigenvalue weighted by atomic mass is 9.98. The zero-order valence-electron chi connectivity index (χ0n) is 20.3. The number of methoxy groups -OCH3 is 1. The molecule has 5 aromatic rings. The molecule has 3 aromatic carbocycles. The maximum absolute atomic E-state index is 15.4. The molecule has 1 atom stereocenters. The highest BCUT2D eigenvalue weighted by Crippen LogP contribution is 2.48. The van der Waals surface area contributed by atoms with Gasteiger partial charge in [0, 0.05) is 25.2 Å². The Hall–Kier alpha value is -4.79. The number of fused-ring (bicyclic) bond motifs is 5. The topological polar surface area (TPSA) is 90.4 Å². The van der Waals surface area contributed by atoms with E-state index in [1.807, 2.05) is 28.8 Å². The maximum atomic E-state index is 15.4. The van der Waals surface area contributed by atoms with Crippen LogP contribution in [0, 0.1) is 5.82 Å². The molecule has 1 aliphatic rings. The predicted molar refractivity (Wildman–Crippen MR) is 139 cm³/mol. The van der Waals surface area contributed by atoms with Crippen LogP contribution < -0.4 is 21.3 Å². The fourth-order valence-corrected chi connectivity index (χ4v) is 5.30. The summed E-state index contributed by atoms with van der Waals surface area (Å²) in [4.78, 5) is 26.8. The average Bonchev–Trinajstić information content (AvgIpc) is 3.27. The van der Waals surface area contributed by atoms with E-state index in [0.717, 1.165) is 4.57 Å². The summed E-state index contributed by atoms with van der Waals surface area (Å²) in [6, 6.07) is 18.1. The fourth-order valence-electron chi connectivity index (χ4n) is 5.30. The molecule has 3 heterocycles. The van der Waals surface area contributed by atoms with Gasteiger partial charge in [-0.05, 0) is 30.3 Å². The van der Waals surface area contributed by atoms with E-state index in [2.05, 4.69) is 5.32 Å². The van der Waals surface area contributed by atoms with Crippen molar-refractivity contribution in [3.8, 4) is 28.4 Å². The molecule has 1 aliphatic heterocycles. The number of hydrogen-bond acceptors (Lipinski definition) is 5. The molecule has 0 bridgehead atoms. The maximum Gasteiger partial charge on any atom is 0.331 e. The zero-order valence-corrected chi connectivity index (χ0v) is 20.3. The summed E-state index contributed by atoms with van der Waals surface area (Å²) in [5.74, 6) is -0.304. The van der Waals surface area contributed by atoms with Crippen LogP contribution in [0.2, 0.25) is 0 Å². The van der Waals surface area contributed by atoms with Gasteiger partial charge in [0.15, 0.2) is 11.5 Å². The third kappa shape index (κ3) is 3.07. The number of aryl methyl sites for hydroxylation is 1. The summed E-state index contributed by atoms with van der Waals surface area (Å²) in [6.07, 6.45) is 0. The predicted octanol–water partition coefficient (Wildman–Crippen LogP) is 4.06. The number of halogens is 1. The van der Waals surface area contributed by atoms with Gasteiger partial charge in [-0.15, -0.1) is 0 Å². The Labute approximate surface area is 210 Å². The van der Waals surface area contributed by atoms with Crippen molar-refractivity contribution in [1.29, 1.82) is 0 Å². The largest absolute Gasteiger partial charge is 0.504 e. The monoisotopic (exact) mass is 498 g/mol. The van der Waals surface area contributed by atoms with Gasteiger partial charge in [-0.2, -0.15) is 0 Å². The van der Waals surface area contributed by atoms with E-state index in [1.165, 1.54) is 24.8 Å². The molecule has 2 N–H and O–H groups in total. The summed E-state index contributed by atoms with van der Waals surface area (Å²) in [7, 11) is 4.45. The van der Waals surface area contributed by atoms with Crippen molar-refractivity contribution in [1.82, 2.24) is 13.7 Å². The van der Waals surface area contributed by atoms with Gasteiger partial charge >= 0.3 is 5.69 Å². The zero-order chi connectivity index (χ0) is 26.0. The highest BCUT2D eigenvalue weighted by atomic mass is 19.1. The number of benzene rings is 3. The second-order valence-corrected chi connectivity index (χ2v) is 8.97. The van der Waals surface area contributed by atoms with E-state index in [0.29, 0.717) is 33.8 Å². The first kappa shape index (κ1) is 22.7. The number of ether oxygens (including phenoxy) is 1. The molecule has 186 valence electrons. The minimum Gasteiger partial charge on any atom is -0.504 e. The van der Waals surface area contributed by atoms with Crippen LogP contribution in [0.4, 0.5) is 10.1 Å². The summed E-state index contributed by atoms with van der Waals surface area (Å²) >= 11 is 0. The molecule has 0 radical (unpaired) electrons. The van der Waals surface area contributed by atoms with Crippen LogP contribution in [-0.2, 0) is 14.1 Å². The van der Waals surface area contributed by atoms with E-state index in [1.54, 1.807) is 43.4 Å². The number of nitrogens with zero attached hydrogens (tertiary/aromatic N) is 3.